The quantitative estimate of drug-likeness (QED) is 0.646. The molecule has 1 unspecified atom stereocenters. The van der Waals surface area contributed by atoms with E-state index in [1.165, 1.54) is 12.1 Å². The van der Waals surface area contributed by atoms with Gasteiger partial charge in [-0.15, -0.1) is 0 Å². The standard InChI is InChI=1S/C13H17FN2OS/c1-8(2)18-7-11(16-15)13-6-9-5-10(14)3-4-12(9)17-13/h3-6,8,11,16H,7,15H2,1-2H3. The average Bonchev–Trinajstić information content (AvgIpc) is 2.72. The monoisotopic (exact) mass is 268 g/mol. The van der Waals surface area contributed by atoms with Crippen molar-refractivity contribution in [2.24, 2.45) is 5.84 Å². The number of benzene rings is 1. The van der Waals surface area contributed by atoms with Crippen LogP contribution in [0.15, 0.2) is 28.7 Å². The molecule has 1 atom stereocenters. The van der Waals surface area contributed by atoms with Gasteiger partial charge < -0.3 is 4.42 Å². The second-order valence-electron chi connectivity index (χ2n) is 4.43. The zero-order valence-electron chi connectivity index (χ0n) is 10.4. The van der Waals surface area contributed by atoms with Gasteiger partial charge in [-0.1, -0.05) is 13.8 Å². The maximum absolute atomic E-state index is 13.1. The fourth-order valence-corrected chi connectivity index (χ4v) is 2.55. The molecule has 98 valence electrons. The van der Waals surface area contributed by atoms with E-state index in [-0.39, 0.29) is 11.9 Å². The van der Waals surface area contributed by atoms with Crippen LogP contribution in [-0.2, 0) is 0 Å². The summed E-state index contributed by atoms with van der Waals surface area (Å²) in [4.78, 5) is 0. The first-order valence-corrected chi connectivity index (χ1v) is 6.91. The van der Waals surface area contributed by atoms with E-state index in [1.54, 1.807) is 17.8 Å². The molecule has 0 aliphatic carbocycles. The Morgan fingerprint density at radius 3 is 2.83 bits per heavy atom. The van der Waals surface area contributed by atoms with Crippen LogP contribution in [0.1, 0.15) is 25.6 Å². The molecule has 1 heterocycles. The first-order chi connectivity index (χ1) is 8.60. The van der Waals surface area contributed by atoms with Crippen molar-refractivity contribution in [2.75, 3.05) is 5.75 Å². The van der Waals surface area contributed by atoms with Crippen LogP contribution in [0.25, 0.3) is 11.0 Å². The topological polar surface area (TPSA) is 51.2 Å². The summed E-state index contributed by atoms with van der Waals surface area (Å²) in [6.07, 6.45) is 0. The number of halogens is 1. The van der Waals surface area contributed by atoms with Crippen LogP contribution in [0.2, 0.25) is 0 Å². The molecule has 5 heteroatoms. The summed E-state index contributed by atoms with van der Waals surface area (Å²) < 4.78 is 18.8. The lowest BCUT2D eigenvalue weighted by molar-refractivity contribution is 0.463. The summed E-state index contributed by atoms with van der Waals surface area (Å²) >= 11 is 1.80. The molecule has 0 amide bonds. The Kier molecular flexibility index (Phi) is 4.27. The van der Waals surface area contributed by atoms with Gasteiger partial charge in [0.05, 0.1) is 6.04 Å². The number of nitrogens with one attached hydrogen (secondary N) is 1. The van der Waals surface area contributed by atoms with Crippen LogP contribution in [-0.4, -0.2) is 11.0 Å². The molecule has 18 heavy (non-hydrogen) atoms. The van der Waals surface area contributed by atoms with Crippen molar-refractivity contribution in [3.63, 3.8) is 0 Å². The number of hydrogen-bond acceptors (Lipinski definition) is 4. The first kappa shape index (κ1) is 13.4. The summed E-state index contributed by atoms with van der Waals surface area (Å²) in [5, 5.41) is 1.29. The van der Waals surface area contributed by atoms with Gasteiger partial charge in [0.25, 0.3) is 0 Å². The molecule has 0 fully saturated rings. The molecular formula is C13H17FN2OS. The van der Waals surface area contributed by atoms with Crippen molar-refractivity contribution in [2.45, 2.75) is 25.1 Å². The summed E-state index contributed by atoms with van der Waals surface area (Å²) in [5.74, 6) is 6.84. The normalized spacial score (nSPS) is 13.4. The van der Waals surface area contributed by atoms with Crippen LogP contribution in [0, 0.1) is 5.82 Å². The van der Waals surface area contributed by atoms with E-state index in [2.05, 4.69) is 19.3 Å². The maximum Gasteiger partial charge on any atom is 0.134 e. The third-order valence-corrected chi connectivity index (χ3v) is 3.83. The molecule has 0 aliphatic rings. The Morgan fingerprint density at radius 1 is 1.39 bits per heavy atom. The Hall–Kier alpha value is -1.04. The molecule has 0 saturated carbocycles. The highest BCUT2D eigenvalue weighted by atomic mass is 32.2. The van der Waals surface area contributed by atoms with Gasteiger partial charge >= 0.3 is 0 Å². The van der Waals surface area contributed by atoms with Gasteiger partial charge in [0.2, 0.25) is 0 Å². The smallest absolute Gasteiger partial charge is 0.134 e. The molecule has 0 radical (unpaired) electrons. The highest BCUT2D eigenvalue weighted by Crippen LogP contribution is 2.27. The van der Waals surface area contributed by atoms with Gasteiger partial charge in [0.1, 0.15) is 17.2 Å². The summed E-state index contributed by atoms with van der Waals surface area (Å²) in [5.41, 5.74) is 3.42. The minimum absolute atomic E-state index is 0.0622. The summed E-state index contributed by atoms with van der Waals surface area (Å²) in [6, 6.07) is 6.27. The molecule has 3 nitrogen and oxygen atoms in total. The Morgan fingerprint density at radius 2 is 2.17 bits per heavy atom. The van der Waals surface area contributed by atoms with Gasteiger partial charge in [-0.3, -0.25) is 5.84 Å². The number of hydrazine groups is 1. The van der Waals surface area contributed by atoms with Crippen LogP contribution in [0.5, 0.6) is 0 Å². The van der Waals surface area contributed by atoms with Crippen molar-refractivity contribution in [3.05, 3.63) is 35.8 Å². The number of hydrogen-bond donors (Lipinski definition) is 2. The molecular weight excluding hydrogens is 251 g/mol. The number of rotatable bonds is 5. The predicted molar refractivity (Wildman–Crippen MR) is 73.8 cm³/mol. The average molecular weight is 268 g/mol. The SMILES string of the molecule is CC(C)SCC(NN)c1cc2cc(F)ccc2o1. The minimum Gasteiger partial charge on any atom is -0.459 e. The molecule has 3 N–H and O–H groups in total. The highest BCUT2D eigenvalue weighted by Gasteiger charge is 2.16. The number of nitrogens with two attached hydrogens (primary N) is 1. The largest absolute Gasteiger partial charge is 0.459 e. The zero-order valence-corrected chi connectivity index (χ0v) is 11.3. The number of thioether (sulfide) groups is 1. The Bertz CT molecular complexity index is 527. The molecule has 0 aliphatic heterocycles. The lowest BCUT2D eigenvalue weighted by Crippen LogP contribution is -2.29. The summed E-state index contributed by atoms with van der Waals surface area (Å²) in [6.45, 7) is 4.26. The third kappa shape index (κ3) is 3.04. The van der Waals surface area contributed by atoms with Gasteiger partial charge in [-0.25, -0.2) is 9.82 Å². The number of furan rings is 1. The van der Waals surface area contributed by atoms with E-state index in [1.807, 2.05) is 6.07 Å². The van der Waals surface area contributed by atoms with E-state index >= 15 is 0 Å². The second-order valence-corrected chi connectivity index (χ2v) is 6.04. The van der Waals surface area contributed by atoms with Crippen molar-refractivity contribution < 1.29 is 8.81 Å². The van der Waals surface area contributed by atoms with Crippen molar-refractivity contribution in [1.29, 1.82) is 0 Å². The molecule has 0 saturated heterocycles. The Labute approximate surface area is 110 Å². The van der Waals surface area contributed by atoms with E-state index < -0.39 is 0 Å². The fourth-order valence-electron chi connectivity index (χ4n) is 1.71. The highest BCUT2D eigenvalue weighted by molar-refractivity contribution is 7.99. The fraction of sp³-hybridized carbons (Fsp3) is 0.385. The van der Waals surface area contributed by atoms with Gasteiger partial charge in [0.15, 0.2) is 0 Å². The molecule has 2 aromatic rings. The van der Waals surface area contributed by atoms with Gasteiger partial charge in [-0.05, 0) is 29.5 Å². The minimum atomic E-state index is -0.260. The van der Waals surface area contributed by atoms with E-state index in [0.717, 1.165) is 16.9 Å². The Balaban J connectivity index is 2.22. The van der Waals surface area contributed by atoms with Crippen molar-refractivity contribution in [3.8, 4) is 0 Å². The van der Waals surface area contributed by atoms with E-state index in [9.17, 15) is 4.39 Å². The maximum atomic E-state index is 13.1. The first-order valence-electron chi connectivity index (χ1n) is 5.87. The lowest BCUT2D eigenvalue weighted by Gasteiger charge is -2.14. The molecule has 0 spiro atoms. The van der Waals surface area contributed by atoms with Gasteiger partial charge in [-0.2, -0.15) is 11.8 Å². The van der Waals surface area contributed by atoms with Crippen LogP contribution < -0.4 is 11.3 Å². The van der Waals surface area contributed by atoms with E-state index in [4.69, 9.17) is 10.3 Å². The van der Waals surface area contributed by atoms with Crippen molar-refractivity contribution >= 4 is 22.7 Å². The third-order valence-electron chi connectivity index (χ3n) is 2.64. The second kappa shape index (κ2) is 5.73. The molecule has 1 aromatic heterocycles. The van der Waals surface area contributed by atoms with Crippen LogP contribution in [0.4, 0.5) is 4.39 Å². The van der Waals surface area contributed by atoms with Gasteiger partial charge in [0, 0.05) is 11.1 Å². The predicted octanol–water partition coefficient (Wildman–Crippen LogP) is 3.22. The summed E-state index contributed by atoms with van der Waals surface area (Å²) in [7, 11) is 0. The van der Waals surface area contributed by atoms with Crippen LogP contribution >= 0.6 is 11.8 Å². The van der Waals surface area contributed by atoms with Crippen LogP contribution in [0.3, 0.4) is 0 Å². The number of fused-ring (bicyclic) bond motifs is 1. The van der Waals surface area contributed by atoms with Crippen molar-refractivity contribution in [1.82, 2.24) is 5.43 Å². The zero-order chi connectivity index (χ0) is 13.1. The molecule has 0 bridgehead atoms. The van der Waals surface area contributed by atoms with E-state index in [0.29, 0.717) is 10.8 Å². The lowest BCUT2D eigenvalue weighted by atomic mass is 10.2. The molecule has 2 rings (SSSR count). The molecule has 1 aromatic carbocycles.